The molecule has 4 heteroatoms. The Hall–Kier alpha value is -2.00. The fraction of sp³-hybridized carbons (Fsp3) is 0.133. The number of benzene rings is 2. The number of amides is 1. The smallest absolute Gasteiger partial charge is 0.251 e. The van der Waals surface area contributed by atoms with Crippen molar-refractivity contribution in [3.63, 3.8) is 0 Å². The zero-order valence-electron chi connectivity index (χ0n) is 10.6. The number of carbonyl (C=O) groups is 1. The molecular weight excluding hydrogens is 260 g/mol. The maximum atomic E-state index is 11.9. The summed E-state index contributed by atoms with van der Waals surface area (Å²) in [6, 6.07) is 14.8. The van der Waals surface area contributed by atoms with Gasteiger partial charge in [0.1, 0.15) is 0 Å². The molecule has 0 unspecified atom stereocenters. The Morgan fingerprint density at radius 2 is 1.89 bits per heavy atom. The van der Waals surface area contributed by atoms with E-state index in [2.05, 4.69) is 10.6 Å². The Kier molecular flexibility index (Phi) is 4.42. The van der Waals surface area contributed by atoms with Crippen molar-refractivity contribution in [2.75, 3.05) is 12.4 Å². The lowest BCUT2D eigenvalue weighted by Crippen LogP contribution is -2.22. The first kappa shape index (κ1) is 13.4. The van der Waals surface area contributed by atoms with E-state index in [1.165, 1.54) is 0 Å². The van der Waals surface area contributed by atoms with E-state index in [1.807, 2.05) is 43.4 Å². The molecule has 0 spiro atoms. The predicted molar refractivity (Wildman–Crippen MR) is 78.6 cm³/mol. The number of anilines is 1. The van der Waals surface area contributed by atoms with E-state index < -0.39 is 0 Å². The van der Waals surface area contributed by atoms with Gasteiger partial charge in [-0.25, -0.2) is 0 Å². The predicted octanol–water partition coefficient (Wildman–Crippen LogP) is 3.31. The molecule has 0 aliphatic carbocycles. The van der Waals surface area contributed by atoms with Crippen LogP contribution in [0.5, 0.6) is 0 Å². The highest BCUT2D eigenvalue weighted by molar-refractivity contribution is 6.30. The van der Waals surface area contributed by atoms with Crippen LogP contribution < -0.4 is 10.6 Å². The highest BCUT2D eigenvalue weighted by atomic mass is 35.5. The van der Waals surface area contributed by atoms with Gasteiger partial charge in [-0.05, 0) is 42.0 Å². The summed E-state index contributed by atoms with van der Waals surface area (Å²) in [4.78, 5) is 11.9. The van der Waals surface area contributed by atoms with E-state index in [-0.39, 0.29) is 5.91 Å². The monoisotopic (exact) mass is 274 g/mol. The lowest BCUT2D eigenvalue weighted by atomic mass is 10.2. The van der Waals surface area contributed by atoms with Gasteiger partial charge in [0.05, 0.1) is 0 Å². The Balaban J connectivity index is 1.97. The van der Waals surface area contributed by atoms with Crippen LogP contribution >= 0.6 is 11.6 Å². The minimum absolute atomic E-state index is 0.0948. The third kappa shape index (κ3) is 3.73. The average molecular weight is 275 g/mol. The third-order valence-electron chi connectivity index (χ3n) is 2.78. The highest BCUT2D eigenvalue weighted by Gasteiger charge is 2.04. The average Bonchev–Trinajstić information content (AvgIpc) is 2.45. The lowest BCUT2D eigenvalue weighted by Gasteiger charge is -2.06. The second-order valence-electron chi connectivity index (χ2n) is 4.14. The van der Waals surface area contributed by atoms with Crippen LogP contribution in [0.25, 0.3) is 0 Å². The summed E-state index contributed by atoms with van der Waals surface area (Å²) in [6.07, 6.45) is 0. The van der Waals surface area contributed by atoms with Gasteiger partial charge >= 0.3 is 0 Å². The van der Waals surface area contributed by atoms with Crippen LogP contribution in [-0.4, -0.2) is 13.0 Å². The maximum Gasteiger partial charge on any atom is 0.251 e. The molecule has 0 radical (unpaired) electrons. The van der Waals surface area contributed by atoms with Gasteiger partial charge in [0.15, 0.2) is 0 Å². The molecule has 3 nitrogen and oxygen atoms in total. The third-order valence-corrected chi connectivity index (χ3v) is 3.01. The molecule has 0 aliphatic rings. The van der Waals surface area contributed by atoms with Crippen LogP contribution in [0.3, 0.4) is 0 Å². The van der Waals surface area contributed by atoms with Crippen molar-refractivity contribution in [1.82, 2.24) is 5.32 Å². The summed E-state index contributed by atoms with van der Waals surface area (Å²) in [6.45, 7) is 0.465. The Morgan fingerprint density at radius 3 is 2.53 bits per heavy atom. The minimum atomic E-state index is -0.0948. The molecule has 19 heavy (non-hydrogen) atoms. The van der Waals surface area contributed by atoms with Crippen LogP contribution in [0.2, 0.25) is 5.02 Å². The van der Waals surface area contributed by atoms with Gasteiger partial charge in [0.2, 0.25) is 0 Å². The molecule has 0 bridgehead atoms. The number of halogens is 1. The summed E-state index contributed by atoms with van der Waals surface area (Å²) in [5, 5.41) is 6.54. The summed E-state index contributed by atoms with van der Waals surface area (Å²) in [5.41, 5.74) is 2.60. The Morgan fingerprint density at radius 1 is 1.16 bits per heavy atom. The van der Waals surface area contributed by atoms with E-state index in [0.29, 0.717) is 17.1 Å². The van der Waals surface area contributed by atoms with Crippen LogP contribution in [0.4, 0.5) is 5.69 Å². The number of hydrogen-bond donors (Lipinski definition) is 2. The van der Waals surface area contributed by atoms with Gasteiger partial charge in [-0.15, -0.1) is 0 Å². The van der Waals surface area contributed by atoms with E-state index in [9.17, 15) is 4.79 Å². The second kappa shape index (κ2) is 6.25. The van der Waals surface area contributed by atoms with Crippen molar-refractivity contribution in [3.8, 4) is 0 Å². The van der Waals surface area contributed by atoms with Crippen LogP contribution in [0.15, 0.2) is 48.5 Å². The van der Waals surface area contributed by atoms with E-state index in [4.69, 9.17) is 11.6 Å². The molecule has 98 valence electrons. The van der Waals surface area contributed by atoms with Gasteiger partial charge < -0.3 is 10.6 Å². The van der Waals surface area contributed by atoms with Crippen LogP contribution in [0.1, 0.15) is 15.9 Å². The zero-order valence-corrected chi connectivity index (χ0v) is 11.4. The molecule has 0 saturated heterocycles. The van der Waals surface area contributed by atoms with Gasteiger partial charge in [-0.3, -0.25) is 4.79 Å². The molecular formula is C15H15ClN2O. The standard InChI is InChI=1S/C15H15ClN2O/c1-17-14-7-5-12(6-8-14)15(19)18-10-11-3-2-4-13(16)9-11/h2-9,17H,10H2,1H3,(H,18,19). The second-order valence-corrected chi connectivity index (χ2v) is 4.58. The summed E-state index contributed by atoms with van der Waals surface area (Å²) in [5.74, 6) is -0.0948. The van der Waals surface area contributed by atoms with Crippen molar-refractivity contribution >= 4 is 23.2 Å². The molecule has 0 fully saturated rings. The SMILES string of the molecule is CNc1ccc(C(=O)NCc2cccc(Cl)c2)cc1. The van der Waals surface area contributed by atoms with Crippen molar-refractivity contribution in [3.05, 3.63) is 64.7 Å². The molecule has 0 atom stereocenters. The molecule has 0 heterocycles. The lowest BCUT2D eigenvalue weighted by molar-refractivity contribution is 0.0951. The van der Waals surface area contributed by atoms with Gasteiger partial charge in [0, 0.05) is 29.9 Å². The summed E-state index contributed by atoms with van der Waals surface area (Å²) in [7, 11) is 1.84. The van der Waals surface area contributed by atoms with E-state index >= 15 is 0 Å². The number of nitrogens with one attached hydrogen (secondary N) is 2. The molecule has 0 aliphatic heterocycles. The Labute approximate surface area is 117 Å². The van der Waals surface area contributed by atoms with Gasteiger partial charge in [0.25, 0.3) is 5.91 Å². The molecule has 1 amide bonds. The summed E-state index contributed by atoms with van der Waals surface area (Å²) < 4.78 is 0. The first-order valence-electron chi connectivity index (χ1n) is 5.99. The number of carbonyl (C=O) groups excluding carboxylic acids is 1. The van der Waals surface area contributed by atoms with Crippen LogP contribution in [0, 0.1) is 0 Å². The fourth-order valence-electron chi connectivity index (χ4n) is 1.72. The maximum absolute atomic E-state index is 11.9. The largest absolute Gasteiger partial charge is 0.388 e. The molecule has 2 rings (SSSR count). The Bertz CT molecular complexity index is 567. The van der Waals surface area contributed by atoms with Crippen LogP contribution in [-0.2, 0) is 6.54 Å². The fourth-order valence-corrected chi connectivity index (χ4v) is 1.93. The first-order valence-corrected chi connectivity index (χ1v) is 6.37. The first-order chi connectivity index (χ1) is 9.19. The quantitative estimate of drug-likeness (QED) is 0.898. The zero-order chi connectivity index (χ0) is 13.7. The molecule has 2 aromatic rings. The topological polar surface area (TPSA) is 41.1 Å². The van der Waals surface area contributed by atoms with Crippen molar-refractivity contribution in [2.45, 2.75) is 6.54 Å². The normalized spacial score (nSPS) is 10.0. The van der Waals surface area contributed by atoms with Gasteiger partial charge in [-0.2, -0.15) is 0 Å². The molecule has 0 aromatic heterocycles. The van der Waals surface area contributed by atoms with Crippen molar-refractivity contribution in [2.24, 2.45) is 0 Å². The van der Waals surface area contributed by atoms with E-state index in [0.717, 1.165) is 11.3 Å². The summed E-state index contributed by atoms with van der Waals surface area (Å²) >= 11 is 5.89. The number of rotatable bonds is 4. The van der Waals surface area contributed by atoms with Gasteiger partial charge in [-0.1, -0.05) is 23.7 Å². The van der Waals surface area contributed by atoms with E-state index in [1.54, 1.807) is 12.1 Å². The van der Waals surface area contributed by atoms with Crippen molar-refractivity contribution in [1.29, 1.82) is 0 Å². The molecule has 2 N–H and O–H groups in total. The minimum Gasteiger partial charge on any atom is -0.388 e. The molecule has 0 saturated carbocycles. The molecule has 2 aromatic carbocycles. The van der Waals surface area contributed by atoms with Crippen molar-refractivity contribution < 1.29 is 4.79 Å². The number of hydrogen-bond acceptors (Lipinski definition) is 2. The highest BCUT2D eigenvalue weighted by Crippen LogP contribution is 2.11.